The van der Waals surface area contributed by atoms with E-state index in [9.17, 15) is 0 Å². The van der Waals surface area contributed by atoms with Gasteiger partial charge in [0.25, 0.3) is 0 Å². The maximum absolute atomic E-state index is 4.39. The van der Waals surface area contributed by atoms with E-state index in [1.165, 1.54) is 12.0 Å². The van der Waals surface area contributed by atoms with Crippen LogP contribution >= 0.6 is 12.6 Å². The number of allylic oxidation sites excluding steroid dienone is 1. The predicted octanol–water partition coefficient (Wildman–Crippen LogP) is 3.54. The zero-order valence-electron chi connectivity index (χ0n) is 8.65. The van der Waals surface area contributed by atoms with E-state index in [1.54, 1.807) is 0 Å². The Bertz CT molecular complexity index is 205. The van der Waals surface area contributed by atoms with Crippen LogP contribution in [0.4, 0.5) is 0 Å². The largest absolute Gasteiger partial charge is 0.178 e. The summed E-state index contributed by atoms with van der Waals surface area (Å²) < 4.78 is 0. The Morgan fingerprint density at radius 2 is 2.08 bits per heavy atom. The summed E-state index contributed by atoms with van der Waals surface area (Å²) in [6.07, 6.45) is 1.22. The summed E-state index contributed by atoms with van der Waals surface area (Å²) in [6, 6.07) is 0. The topological polar surface area (TPSA) is 0 Å². The van der Waals surface area contributed by atoms with Crippen molar-refractivity contribution in [1.29, 1.82) is 0 Å². The average molecular weight is 184 g/mol. The lowest BCUT2D eigenvalue weighted by molar-refractivity contribution is 0.262. The highest BCUT2D eigenvalue weighted by atomic mass is 32.1. The summed E-state index contributed by atoms with van der Waals surface area (Å²) in [5.74, 6) is 1.63. The third-order valence-corrected chi connectivity index (χ3v) is 4.31. The second kappa shape index (κ2) is 2.80. The molecule has 0 radical (unpaired) electrons. The van der Waals surface area contributed by atoms with Crippen molar-refractivity contribution in [2.75, 3.05) is 5.75 Å². The van der Waals surface area contributed by atoms with Gasteiger partial charge in [-0.3, -0.25) is 0 Å². The Morgan fingerprint density at radius 1 is 1.58 bits per heavy atom. The minimum Gasteiger partial charge on any atom is -0.178 e. The van der Waals surface area contributed by atoms with Crippen LogP contribution < -0.4 is 0 Å². The van der Waals surface area contributed by atoms with E-state index in [0.717, 1.165) is 5.75 Å². The van der Waals surface area contributed by atoms with Gasteiger partial charge in [-0.1, -0.05) is 46.3 Å². The minimum atomic E-state index is 0.322. The molecule has 0 saturated heterocycles. The van der Waals surface area contributed by atoms with E-state index in [0.29, 0.717) is 16.7 Å². The normalized spacial score (nSPS) is 35.4. The molecule has 1 aliphatic carbocycles. The molecule has 0 aromatic carbocycles. The fourth-order valence-electron chi connectivity index (χ4n) is 2.30. The fourth-order valence-corrected chi connectivity index (χ4v) is 2.68. The van der Waals surface area contributed by atoms with Crippen molar-refractivity contribution in [2.24, 2.45) is 16.7 Å². The molecule has 0 nitrogen and oxygen atoms in total. The maximum Gasteiger partial charge on any atom is 0.00429 e. The maximum atomic E-state index is 4.39. The number of thiol groups is 1. The van der Waals surface area contributed by atoms with Gasteiger partial charge in [-0.05, 0) is 17.1 Å². The summed E-state index contributed by atoms with van der Waals surface area (Å²) in [6.45, 7) is 13.3. The molecule has 0 spiro atoms. The van der Waals surface area contributed by atoms with Gasteiger partial charge in [0, 0.05) is 5.41 Å². The van der Waals surface area contributed by atoms with E-state index < -0.39 is 0 Å². The van der Waals surface area contributed by atoms with Crippen molar-refractivity contribution < 1.29 is 0 Å². The highest BCUT2D eigenvalue weighted by Crippen LogP contribution is 2.65. The molecule has 2 atom stereocenters. The molecule has 1 saturated carbocycles. The van der Waals surface area contributed by atoms with E-state index >= 15 is 0 Å². The van der Waals surface area contributed by atoms with Crippen molar-refractivity contribution in [1.82, 2.24) is 0 Å². The zero-order valence-corrected chi connectivity index (χ0v) is 9.54. The van der Waals surface area contributed by atoms with Gasteiger partial charge in [0.05, 0.1) is 0 Å². The highest BCUT2D eigenvalue weighted by molar-refractivity contribution is 7.80. The van der Waals surface area contributed by atoms with Gasteiger partial charge in [0.15, 0.2) is 0 Å². The third kappa shape index (κ3) is 1.22. The second-order valence-electron chi connectivity index (χ2n) is 4.88. The Morgan fingerprint density at radius 3 is 2.33 bits per heavy atom. The smallest absolute Gasteiger partial charge is 0.00429 e. The quantitative estimate of drug-likeness (QED) is 0.503. The van der Waals surface area contributed by atoms with Crippen LogP contribution in [0.1, 0.15) is 34.1 Å². The van der Waals surface area contributed by atoms with Gasteiger partial charge in [-0.15, -0.1) is 0 Å². The Labute approximate surface area is 81.8 Å². The first-order valence-corrected chi connectivity index (χ1v) is 5.33. The van der Waals surface area contributed by atoms with Crippen molar-refractivity contribution in [3.8, 4) is 0 Å². The van der Waals surface area contributed by atoms with Gasteiger partial charge >= 0.3 is 0 Å². The standard InChI is InChI=1S/C11H20S/c1-6-10(3,4)9-8(2)11(9,5)7-12/h9,12H,2,6-7H2,1,3-5H3. The van der Waals surface area contributed by atoms with Crippen LogP contribution in [0.3, 0.4) is 0 Å². The molecule has 1 heteroatoms. The summed E-state index contributed by atoms with van der Waals surface area (Å²) in [5, 5.41) is 0. The molecule has 0 bridgehead atoms. The molecular formula is C11H20S. The lowest BCUT2D eigenvalue weighted by Gasteiger charge is -2.24. The molecule has 1 aliphatic rings. The van der Waals surface area contributed by atoms with Crippen LogP contribution in [-0.4, -0.2) is 5.75 Å². The number of hydrogen-bond donors (Lipinski definition) is 1. The summed E-state index contributed by atoms with van der Waals surface area (Å²) in [4.78, 5) is 0. The first-order valence-electron chi connectivity index (χ1n) is 4.70. The molecule has 0 aromatic rings. The Hall–Kier alpha value is 0.0900. The molecular weight excluding hydrogens is 164 g/mol. The van der Waals surface area contributed by atoms with Crippen LogP contribution in [0.2, 0.25) is 0 Å². The van der Waals surface area contributed by atoms with E-state index in [1.807, 2.05) is 0 Å². The van der Waals surface area contributed by atoms with Crippen LogP contribution in [0.15, 0.2) is 12.2 Å². The number of hydrogen-bond acceptors (Lipinski definition) is 1. The molecule has 0 amide bonds. The molecule has 1 rings (SSSR count). The van der Waals surface area contributed by atoms with E-state index in [2.05, 4.69) is 46.9 Å². The van der Waals surface area contributed by atoms with Gasteiger partial charge in [0.1, 0.15) is 0 Å². The van der Waals surface area contributed by atoms with Crippen LogP contribution in [0.5, 0.6) is 0 Å². The average Bonchev–Trinajstić information content (AvgIpc) is 2.57. The Balaban J connectivity index is 2.77. The van der Waals surface area contributed by atoms with Crippen molar-refractivity contribution in [3.05, 3.63) is 12.2 Å². The molecule has 12 heavy (non-hydrogen) atoms. The van der Waals surface area contributed by atoms with Gasteiger partial charge in [0.2, 0.25) is 0 Å². The monoisotopic (exact) mass is 184 g/mol. The minimum absolute atomic E-state index is 0.322. The van der Waals surface area contributed by atoms with Gasteiger partial charge < -0.3 is 0 Å². The Kier molecular flexibility index (Phi) is 2.37. The lowest BCUT2D eigenvalue weighted by Crippen LogP contribution is -2.17. The van der Waals surface area contributed by atoms with Crippen LogP contribution in [0.25, 0.3) is 0 Å². The SMILES string of the molecule is C=C1C(C(C)(C)CC)C1(C)CS. The lowest BCUT2D eigenvalue weighted by atomic mass is 9.81. The summed E-state index contributed by atoms with van der Waals surface area (Å²) in [5.41, 5.74) is 2.14. The number of rotatable bonds is 3. The first-order chi connectivity index (χ1) is 5.40. The summed E-state index contributed by atoms with van der Waals surface area (Å²) in [7, 11) is 0. The van der Waals surface area contributed by atoms with Crippen LogP contribution in [-0.2, 0) is 0 Å². The van der Waals surface area contributed by atoms with Gasteiger partial charge in [-0.25, -0.2) is 0 Å². The van der Waals surface area contributed by atoms with Crippen molar-refractivity contribution >= 4 is 12.6 Å². The predicted molar refractivity (Wildman–Crippen MR) is 58.7 cm³/mol. The first kappa shape index (κ1) is 10.2. The molecule has 0 heterocycles. The second-order valence-corrected chi connectivity index (χ2v) is 5.19. The van der Waals surface area contributed by atoms with Crippen LogP contribution in [0, 0.1) is 16.7 Å². The molecule has 0 aliphatic heterocycles. The van der Waals surface area contributed by atoms with E-state index in [4.69, 9.17) is 0 Å². The molecule has 2 unspecified atom stereocenters. The van der Waals surface area contributed by atoms with Gasteiger partial charge in [-0.2, -0.15) is 12.6 Å². The third-order valence-electron chi connectivity index (χ3n) is 3.66. The molecule has 0 N–H and O–H groups in total. The van der Waals surface area contributed by atoms with E-state index in [-0.39, 0.29) is 0 Å². The molecule has 70 valence electrons. The highest BCUT2D eigenvalue weighted by Gasteiger charge is 2.59. The molecule has 0 aromatic heterocycles. The molecule has 1 fully saturated rings. The van der Waals surface area contributed by atoms with Crippen molar-refractivity contribution in [3.63, 3.8) is 0 Å². The van der Waals surface area contributed by atoms with Crippen molar-refractivity contribution in [2.45, 2.75) is 34.1 Å². The fraction of sp³-hybridized carbons (Fsp3) is 0.818. The summed E-state index contributed by atoms with van der Waals surface area (Å²) >= 11 is 4.39. The zero-order chi connectivity index (χ0) is 9.57.